The van der Waals surface area contributed by atoms with Gasteiger partial charge in [-0.3, -0.25) is 19.1 Å². The Kier molecular flexibility index (Phi) is 5.43. The molecule has 136 valence electrons. The number of thiophene rings is 1. The summed E-state index contributed by atoms with van der Waals surface area (Å²) in [6.45, 7) is 2.09. The van der Waals surface area contributed by atoms with Gasteiger partial charge in [0.15, 0.2) is 0 Å². The fourth-order valence-corrected chi connectivity index (χ4v) is 4.20. The maximum Gasteiger partial charge on any atom is 0.329 e. The number of halogens is 1. The van der Waals surface area contributed by atoms with Crippen molar-refractivity contribution in [2.75, 3.05) is 7.11 Å². The molecule has 3 aromatic rings. The Labute approximate surface area is 161 Å². The van der Waals surface area contributed by atoms with Gasteiger partial charge in [0, 0.05) is 27.9 Å². The predicted octanol–water partition coefficient (Wildman–Crippen LogP) is 3.44. The van der Waals surface area contributed by atoms with Gasteiger partial charge in [0.25, 0.3) is 5.56 Å². The Balaban J connectivity index is 2.10. The lowest BCUT2D eigenvalue weighted by atomic mass is 10.0. The lowest BCUT2D eigenvalue weighted by Crippen LogP contribution is -2.35. The van der Waals surface area contributed by atoms with Gasteiger partial charge in [-0.15, -0.1) is 11.3 Å². The summed E-state index contributed by atoms with van der Waals surface area (Å²) >= 11 is 4.80. The number of fused-ring (bicyclic) bond motifs is 1. The van der Waals surface area contributed by atoms with Gasteiger partial charge in [0.2, 0.25) is 0 Å². The molecule has 0 unspecified atom stereocenters. The number of hydrogen-bond donors (Lipinski definition) is 1. The number of carbonyl (C=O) groups is 1. The number of benzene rings is 1. The largest absolute Gasteiger partial charge is 0.469 e. The molecule has 0 spiro atoms. The third-order valence-corrected chi connectivity index (χ3v) is 5.68. The van der Waals surface area contributed by atoms with Gasteiger partial charge in [-0.25, -0.2) is 4.79 Å². The Hall–Kier alpha value is -2.19. The monoisotopic (exact) mass is 436 g/mol. The second-order valence-corrected chi connectivity index (χ2v) is 7.95. The first kappa shape index (κ1) is 18.6. The Bertz CT molecular complexity index is 1080. The Morgan fingerprint density at radius 3 is 2.62 bits per heavy atom. The van der Waals surface area contributed by atoms with Gasteiger partial charge < -0.3 is 4.74 Å². The average Bonchev–Trinajstić information content (AvgIpc) is 2.94. The zero-order valence-corrected chi connectivity index (χ0v) is 16.7. The first-order valence-electron chi connectivity index (χ1n) is 8.01. The summed E-state index contributed by atoms with van der Waals surface area (Å²) in [4.78, 5) is 40.9. The molecule has 6 nitrogen and oxygen atoms in total. The van der Waals surface area contributed by atoms with Crippen molar-refractivity contribution < 1.29 is 9.53 Å². The number of nitrogens with zero attached hydrogens (tertiary/aromatic N) is 1. The molecular weight excluding hydrogens is 420 g/mol. The van der Waals surface area contributed by atoms with Gasteiger partial charge in [-0.05, 0) is 31.0 Å². The van der Waals surface area contributed by atoms with Gasteiger partial charge in [0.05, 0.1) is 12.5 Å². The number of hydrogen-bond acceptors (Lipinski definition) is 5. The van der Waals surface area contributed by atoms with Crippen LogP contribution in [0.15, 0.2) is 38.3 Å². The molecule has 0 saturated carbocycles. The maximum atomic E-state index is 13.0. The molecule has 0 fully saturated rings. The molecule has 0 radical (unpaired) electrons. The quantitative estimate of drug-likeness (QED) is 0.621. The van der Waals surface area contributed by atoms with Crippen molar-refractivity contribution in [2.45, 2.75) is 26.3 Å². The molecule has 0 atom stereocenters. The number of carbonyl (C=O) groups excluding carboxylic acids is 1. The molecule has 26 heavy (non-hydrogen) atoms. The second-order valence-electron chi connectivity index (χ2n) is 5.81. The highest BCUT2D eigenvalue weighted by molar-refractivity contribution is 9.10. The average molecular weight is 437 g/mol. The minimum Gasteiger partial charge on any atom is -0.469 e. The highest BCUT2D eigenvalue weighted by Gasteiger charge is 2.18. The van der Waals surface area contributed by atoms with E-state index in [0.29, 0.717) is 16.6 Å². The van der Waals surface area contributed by atoms with Gasteiger partial charge >= 0.3 is 11.7 Å². The molecule has 0 aliphatic heterocycles. The van der Waals surface area contributed by atoms with Crippen molar-refractivity contribution in [1.82, 2.24) is 9.55 Å². The fourth-order valence-electron chi connectivity index (χ4n) is 2.88. The fraction of sp³-hybridized carbons (Fsp3) is 0.278. The highest BCUT2D eigenvalue weighted by Crippen LogP contribution is 2.35. The molecule has 2 heterocycles. The number of nitrogens with one attached hydrogen (secondary N) is 1. The number of esters is 1. The summed E-state index contributed by atoms with van der Waals surface area (Å²) in [5.74, 6) is -0.363. The lowest BCUT2D eigenvalue weighted by molar-refractivity contribution is -0.140. The zero-order valence-electron chi connectivity index (χ0n) is 14.3. The lowest BCUT2D eigenvalue weighted by Gasteiger charge is -2.06. The Morgan fingerprint density at radius 1 is 1.27 bits per heavy atom. The van der Waals surface area contributed by atoms with Crippen LogP contribution < -0.4 is 11.2 Å². The minimum absolute atomic E-state index is 0.155. The van der Waals surface area contributed by atoms with Crippen LogP contribution in [0.5, 0.6) is 0 Å². The van der Waals surface area contributed by atoms with E-state index >= 15 is 0 Å². The number of H-pyrrole nitrogens is 1. The van der Waals surface area contributed by atoms with Crippen molar-refractivity contribution in [3.8, 4) is 11.1 Å². The first-order chi connectivity index (χ1) is 12.4. The normalized spacial score (nSPS) is 11.0. The number of methoxy groups -OCH3 is 1. The van der Waals surface area contributed by atoms with Crippen molar-refractivity contribution in [1.29, 1.82) is 0 Å². The van der Waals surface area contributed by atoms with Gasteiger partial charge in [-0.2, -0.15) is 0 Å². The second kappa shape index (κ2) is 7.59. The summed E-state index contributed by atoms with van der Waals surface area (Å²) in [7, 11) is 1.31. The summed E-state index contributed by atoms with van der Waals surface area (Å²) in [6, 6.07) is 7.70. The van der Waals surface area contributed by atoms with Crippen LogP contribution in [-0.4, -0.2) is 22.6 Å². The topological polar surface area (TPSA) is 81.2 Å². The third kappa shape index (κ3) is 3.52. The van der Waals surface area contributed by atoms with E-state index in [9.17, 15) is 14.4 Å². The SMILES string of the molecule is COC(=O)CCCn1c(=O)[nH]c2sc(C)c(-c3ccc(Br)cc3)c2c1=O. The molecule has 2 aromatic heterocycles. The molecule has 3 rings (SSSR count). The zero-order chi connectivity index (χ0) is 18.8. The summed E-state index contributed by atoms with van der Waals surface area (Å²) in [5.41, 5.74) is 0.953. The van der Waals surface area contributed by atoms with E-state index < -0.39 is 5.69 Å². The summed E-state index contributed by atoms with van der Waals surface area (Å²) in [5, 5.41) is 0.507. The van der Waals surface area contributed by atoms with Crippen LogP contribution in [-0.2, 0) is 16.1 Å². The van der Waals surface area contributed by atoms with Crippen molar-refractivity contribution in [3.05, 3.63) is 54.5 Å². The molecule has 0 bridgehead atoms. The number of rotatable bonds is 5. The predicted molar refractivity (Wildman–Crippen MR) is 106 cm³/mol. The van der Waals surface area contributed by atoms with Crippen LogP contribution in [0.1, 0.15) is 17.7 Å². The Morgan fingerprint density at radius 2 is 1.96 bits per heavy atom. The molecule has 0 aliphatic rings. The van der Waals surface area contributed by atoms with Crippen molar-refractivity contribution in [3.63, 3.8) is 0 Å². The van der Waals surface area contributed by atoms with E-state index in [0.717, 1.165) is 25.0 Å². The molecule has 8 heteroatoms. The molecule has 0 amide bonds. The van der Waals surface area contributed by atoms with E-state index in [2.05, 4.69) is 25.7 Å². The van der Waals surface area contributed by atoms with E-state index in [1.807, 2.05) is 31.2 Å². The molecule has 1 N–H and O–H groups in total. The number of aromatic amines is 1. The molecule has 0 aliphatic carbocycles. The molecular formula is C18H17BrN2O4S. The number of ether oxygens (including phenoxy) is 1. The number of aryl methyl sites for hydroxylation is 1. The first-order valence-corrected chi connectivity index (χ1v) is 9.62. The minimum atomic E-state index is -0.462. The summed E-state index contributed by atoms with van der Waals surface area (Å²) < 4.78 is 6.70. The van der Waals surface area contributed by atoms with Crippen LogP contribution >= 0.6 is 27.3 Å². The van der Waals surface area contributed by atoms with Crippen LogP contribution in [0, 0.1) is 6.92 Å². The van der Waals surface area contributed by atoms with Crippen molar-refractivity contribution >= 4 is 43.5 Å². The smallest absolute Gasteiger partial charge is 0.329 e. The van der Waals surface area contributed by atoms with Crippen LogP contribution in [0.25, 0.3) is 21.3 Å². The molecule has 1 aromatic carbocycles. The van der Waals surface area contributed by atoms with E-state index in [1.54, 1.807) is 0 Å². The van der Waals surface area contributed by atoms with Gasteiger partial charge in [-0.1, -0.05) is 28.1 Å². The van der Waals surface area contributed by atoms with Crippen LogP contribution in [0.3, 0.4) is 0 Å². The maximum absolute atomic E-state index is 13.0. The third-order valence-electron chi connectivity index (χ3n) is 4.13. The summed E-state index contributed by atoms with van der Waals surface area (Å²) in [6.07, 6.45) is 0.514. The van der Waals surface area contributed by atoms with E-state index in [1.165, 1.54) is 18.4 Å². The van der Waals surface area contributed by atoms with E-state index in [-0.39, 0.29) is 24.5 Å². The highest BCUT2D eigenvalue weighted by atomic mass is 79.9. The van der Waals surface area contributed by atoms with E-state index in [4.69, 9.17) is 0 Å². The van der Waals surface area contributed by atoms with Gasteiger partial charge in [0.1, 0.15) is 4.83 Å². The van der Waals surface area contributed by atoms with Crippen molar-refractivity contribution in [2.24, 2.45) is 0 Å². The van der Waals surface area contributed by atoms with Crippen LogP contribution in [0.2, 0.25) is 0 Å². The van der Waals surface area contributed by atoms with Crippen LogP contribution in [0.4, 0.5) is 0 Å². The number of aromatic nitrogens is 2. The molecule has 0 saturated heterocycles. The standard InChI is InChI=1S/C18H17BrN2O4S/c1-10-14(11-5-7-12(19)8-6-11)15-16(26-10)20-18(24)21(17(15)23)9-3-4-13(22)25-2/h5-8H,3-4,9H2,1-2H3,(H,20,24).